The van der Waals surface area contributed by atoms with Gasteiger partial charge in [0.1, 0.15) is 11.9 Å². The van der Waals surface area contributed by atoms with Crippen molar-refractivity contribution < 1.29 is 9.63 Å². The molecular formula is C19H29NO2. The molecule has 1 heterocycles. The molecule has 0 spiro atoms. The molecule has 1 aliphatic rings. The molecule has 3 nitrogen and oxygen atoms in total. The summed E-state index contributed by atoms with van der Waals surface area (Å²) >= 11 is 0. The standard InChI is InChI=1S/C19H29NO2/c1-7-19(6)14(2)17(21)13-18(4,5)20(19)22-15(3)16-11-9-8-10-12-16/h8-12,14-15H,7,13H2,1-6H3. The van der Waals surface area contributed by atoms with E-state index in [1.165, 1.54) is 0 Å². The summed E-state index contributed by atoms with van der Waals surface area (Å²) in [5.74, 6) is 0.315. The van der Waals surface area contributed by atoms with Gasteiger partial charge in [0.15, 0.2) is 0 Å². The number of carbonyl (C=O) groups excluding carboxylic acids is 1. The molecule has 3 heteroatoms. The highest BCUT2D eigenvalue weighted by molar-refractivity contribution is 5.84. The van der Waals surface area contributed by atoms with Crippen LogP contribution in [0.5, 0.6) is 0 Å². The van der Waals surface area contributed by atoms with Crippen molar-refractivity contribution in [3.8, 4) is 0 Å². The Morgan fingerprint density at radius 2 is 1.86 bits per heavy atom. The number of nitrogens with zero attached hydrogens (tertiary/aromatic N) is 1. The topological polar surface area (TPSA) is 29.5 Å². The van der Waals surface area contributed by atoms with Crippen LogP contribution < -0.4 is 0 Å². The van der Waals surface area contributed by atoms with E-state index in [4.69, 9.17) is 4.84 Å². The highest BCUT2D eigenvalue weighted by Crippen LogP contribution is 2.43. The highest BCUT2D eigenvalue weighted by atomic mass is 16.7. The molecule has 0 amide bonds. The summed E-state index contributed by atoms with van der Waals surface area (Å²) in [5, 5.41) is 2.10. The molecule has 0 N–H and O–H groups in total. The van der Waals surface area contributed by atoms with Crippen LogP contribution in [0.3, 0.4) is 0 Å². The van der Waals surface area contributed by atoms with E-state index in [9.17, 15) is 4.79 Å². The van der Waals surface area contributed by atoms with E-state index in [0.717, 1.165) is 12.0 Å². The number of hydrogen-bond donors (Lipinski definition) is 0. The number of ketones is 1. The zero-order valence-electron chi connectivity index (χ0n) is 14.7. The summed E-state index contributed by atoms with van der Waals surface area (Å²) in [7, 11) is 0. The second kappa shape index (κ2) is 6.13. The average molecular weight is 303 g/mol. The SMILES string of the molecule is CCC1(C)C(C)C(=O)CC(C)(C)N1OC(C)c1ccccc1. The molecule has 1 aromatic rings. The molecule has 2 rings (SSSR count). The Bertz CT molecular complexity index is 525. The second-order valence-corrected chi connectivity index (χ2v) is 7.34. The van der Waals surface area contributed by atoms with Gasteiger partial charge in [-0.15, -0.1) is 0 Å². The summed E-state index contributed by atoms with van der Waals surface area (Å²) in [6.45, 7) is 12.6. The van der Waals surface area contributed by atoms with Gasteiger partial charge < -0.3 is 0 Å². The number of hydroxylamine groups is 2. The van der Waals surface area contributed by atoms with Crippen LogP contribution >= 0.6 is 0 Å². The van der Waals surface area contributed by atoms with Crippen LogP contribution in [0.1, 0.15) is 66.1 Å². The van der Waals surface area contributed by atoms with Crippen LogP contribution in [0.25, 0.3) is 0 Å². The van der Waals surface area contributed by atoms with E-state index in [1.54, 1.807) is 0 Å². The van der Waals surface area contributed by atoms with Gasteiger partial charge in [-0.3, -0.25) is 9.63 Å². The van der Waals surface area contributed by atoms with Gasteiger partial charge in [0.05, 0.1) is 5.54 Å². The summed E-state index contributed by atoms with van der Waals surface area (Å²) < 4.78 is 0. The Morgan fingerprint density at radius 3 is 2.41 bits per heavy atom. The Kier molecular flexibility index (Phi) is 4.78. The fraction of sp³-hybridized carbons (Fsp3) is 0.632. The van der Waals surface area contributed by atoms with Crippen LogP contribution in [-0.2, 0) is 9.63 Å². The Labute approximate surface area is 134 Å². The van der Waals surface area contributed by atoms with Crippen molar-refractivity contribution in [2.24, 2.45) is 5.92 Å². The van der Waals surface area contributed by atoms with Crippen molar-refractivity contribution in [2.75, 3.05) is 0 Å². The summed E-state index contributed by atoms with van der Waals surface area (Å²) in [6.07, 6.45) is 1.38. The van der Waals surface area contributed by atoms with Crippen LogP contribution in [-0.4, -0.2) is 21.9 Å². The molecule has 0 aliphatic carbocycles. The second-order valence-electron chi connectivity index (χ2n) is 7.34. The van der Waals surface area contributed by atoms with E-state index in [0.29, 0.717) is 12.2 Å². The largest absolute Gasteiger partial charge is 0.299 e. The normalized spacial score (nSPS) is 30.3. The minimum absolute atomic E-state index is 0.0199. The summed E-state index contributed by atoms with van der Waals surface area (Å²) in [5.41, 5.74) is 0.584. The Hall–Kier alpha value is -1.19. The van der Waals surface area contributed by atoms with Crippen molar-refractivity contribution in [3.05, 3.63) is 35.9 Å². The number of Topliss-reactive ketones (excluding diaryl/α,β-unsaturated/α-hetero) is 1. The van der Waals surface area contributed by atoms with Gasteiger partial charge in [-0.2, -0.15) is 5.06 Å². The molecule has 1 aliphatic heterocycles. The zero-order valence-corrected chi connectivity index (χ0v) is 14.7. The Balaban J connectivity index is 2.31. The van der Waals surface area contributed by atoms with Gasteiger partial charge in [0.2, 0.25) is 0 Å². The first-order chi connectivity index (χ1) is 10.2. The lowest BCUT2D eigenvalue weighted by Gasteiger charge is -2.55. The number of carbonyl (C=O) groups is 1. The fourth-order valence-electron chi connectivity index (χ4n) is 3.52. The van der Waals surface area contributed by atoms with Crippen LogP contribution in [0, 0.1) is 5.92 Å². The van der Waals surface area contributed by atoms with Gasteiger partial charge in [0, 0.05) is 17.9 Å². The average Bonchev–Trinajstić information content (AvgIpc) is 2.50. The van der Waals surface area contributed by atoms with Crippen molar-refractivity contribution in [1.29, 1.82) is 0 Å². The van der Waals surface area contributed by atoms with Crippen molar-refractivity contribution in [1.82, 2.24) is 5.06 Å². The first kappa shape index (κ1) is 17.2. The van der Waals surface area contributed by atoms with Gasteiger partial charge in [-0.05, 0) is 39.7 Å². The lowest BCUT2D eigenvalue weighted by atomic mass is 9.72. The third-order valence-electron chi connectivity index (χ3n) is 5.28. The monoisotopic (exact) mass is 303 g/mol. The third kappa shape index (κ3) is 2.97. The number of hydrogen-bond acceptors (Lipinski definition) is 3. The molecule has 0 saturated carbocycles. The predicted octanol–water partition coefficient (Wildman–Crippen LogP) is 4.54. The van der Waals surface area contributed by atoms with Crippen molar-refractivity contribution in [3.63, 3.8) is 0 Å². The van der Waals surface area contributed by atoms with E-state index in [2.05, 4.69) is 51.8 Å². The molecule has 1 saturated heterocycles. The zero-order chi connectivity index (χ0) is 16.5. The maximum atomic E-state index is 12.4. The van der Waals surface area contributed by atoms with Crippen molar-refractivity contribution >= 4 is 5.78 Å². The van der Waals surface area contributed by atoms with Crippen LogP contribution in [0.4, 0.5) is 0 Å². The predicted molar refractivity (Wildman–Crippen MR) is 89.3 cm³/mol. The molecule has 1 aromatic carbocycles. The molecule has 0 radical (unpaired) electrons. The van der Waals surface area contributed by atoms with E-state index in [-0.39, 0.29) is 23.1 Å². The molecule has 0 aromatic heterocycles. The molecule has 0 bridgehead atoms. The minimum atomic E-state index is -0.294. The molecule has 122 valence electrons. The van der Waals surface area contributed by atoms with E-state index in [1.807, 2.05) is 25.1 Å². The molecular weight excluding hydrogens is 274 g/mol. The molecule has 3 unspecified atom stereocenters. The maximum Gasteiger partial charge on any atom is 0.139 e. The van der Waals surface area contributed by atoms with Crippen LogP contribution in [0.2, 0.25) is 0 Å². The lowest BCUT2D eigenvalue weighted by molar-refractivity contribution is -0.311. The van der Waals surface area contributed by atoms with Crippen LogP contribution in [0.15, 0.2) is 30.3 Å². The number of piperidine rings is 1. The lowest BCUT2D eigenvalue weighted by Crippen LogP contribution is -2.65. The molecule has 1 fully saturated rings. The minimum Gasteiger partial charge on any atom is -0.299 e. The first-order valence-corrected chi connectivity index (χ1v) is 8.27. The van der Waals surface area contributed by atoms with Crippen molar-refractivity contribution in [2.45, 2.75) is 71.6 Å². The smallest absolute Gasteiger partial charge is 0.139 e. The fourth-order valence-corrected chi connectivity index (χ4v) is 3.52. The molecule has 3 atom stereocenters. The third-order valence-corrected chi connectivity index (χ3v) is 5.28. The van der Waals surface area contributed by atoms with Gasteiger partial charge in [0.25, 0.3) is 0 Å². The highest BCUT2D eigenvalue weighted by Gasteiger charge is 2.52. The maximum absolute atomic E-state index is 12.4. The number of benzene rings is 1. The summed E-state index contributed by atoms with van der Waals surface area (Å²) in [4.78, 5) is 18.8. The van der Waals surface area contributed by atoms with E-state index < -0.39 is 0 Å². The van der Waals surface area contributed by atoms with E-state index >= 15 is 0 Å². The van der Waals surface area contributed by atoms with Gasteiger partial charge >= 0.3 is 0 Å². The Morgan fingerprint density at radius 1 is 1.27 bits per heavy atom. The first-order valence-electron chi connectivity index (χ1n) is 8.27. The van der Waals surface area contributed by atoms with Gasteiger partial charge in [-0.25, -0.2) is 0 Å². The quantitative estimate of drug-likeness (QED) is 0.818. The summed E-state index contributed by atoms with van der Waals surface area (Å²) in [6, 6.07) is 10.2. The van der Waals surface area contributed by atoms with Gasteiger partial charge in [-0.1, -0.05) is 44.2 Å². The number of rotatable bonds is 4. The molecule has 22 heavy (non-hydrogen) atoms.